The number of hydrogen-bond donors (Lipinski definition) is 7. The molecule has 3 rings (SSSR count). The fraction of sp³-hybridized carbons (Fsp3) is 1.00. The van der Waals surface area contributed by atoms with E-state index in [-0.39, 0.29) is 24.2 Å². The van der Waals surface area contributed by atoms with E-state index >= 15 is 0 Å². The summed E-state index contributed by atoms with van der Waals surface area (Å²) in [6.45, 7) is 9.55. The number of rotatable bonds is 8. The van der Waals surface area contributed by atoms with Gasteiger partial charge in [0.2, 0.25) is 0 Å². The minimum absolute atomic E-state index is 0.00668. The lowest BCUT2D eigenvalue weighted by atomic mass is 9.61. The largest absolute Gasteiger partial charge is 0.393 e. The van der Waals surface area contributed by atoms with Gasteiger partial charge in [-0.05, 0) is 56.8 Å². The number of aliphatic hydroxyl groups excluding tert-OH is 7. The van der Waals surface area contributed by atoms with Crippen molar-refractivity contribution in [3.05, 3.63) is 0 Å². The van der Waals surface area contributed by atoms with Gasteiger partial charge < -0.3 is 54.7 Å². The molecule has 14 atom stereocenters. The quantitative estimate of drug-likeness (QED) is 0.213. The third kappa shape index (κ3) is 6.76. The Morgan fingerprint density at radius 2 is 1.44 bits per heavy atom. The molecule has 212 valence electrons. The maximum Gasteiger partial charge on any atom is 0.186 e. The average molecular weight is 523 g/mol. The summed E-state index contributed by atoms with van der Waals surface area (Å²) in [5.41, 5.74) is -0.00668. The third-order valence-electron chi connectivity index (χ3n) is 8.25. The van der Waals surface area contributed by atoms with Crippen LogP contribution in [-0.4, -0.2) is 116 Å². The van der Waals surface area contributed by atoms with Crippen LogP contribution in [0.3, 0.4) is 0 Å². The molecule has 2 aliphatic heterocycles. The molecular formula is C25H46O11. The summed E-state index contributed by atoms with van der Waals surface area (Å²) in [4.78, 5) is 0. The van der Waals surface area contributed by atoms with Gasteiger partial charge in [0.1, 0.15) is 42.7 Å². The molecule has 7 N–H and O–H groups in total. The summed E-state index contributed by atoms with van der Waals surface area (Å²) >= 11 is 0. The Morgan fingerprint density at radius 1 is 0.833 bits per heavy atom. The summed E-state index contributed by atoms with van der Waals surface area (Å²) in [5, 5.41) is 71.3. The van der Waals surface area contributed by atoms with Crippen molar-refractivity contribution in [3.63, 3.8) is 0 Å². The molecule has 2 saturated heterocycles. The predicted molar refractivity (Wildman–Crippen MR) is 126 cm³/mol. The fourth-order valence-corrected chi connectivity index (χ4v) is 6.10. The van der Waals surface area contributed by atoms with Crippen LogP contribution in [0.1, 0.15) is 60.3 Å². The Balaban J connectivity index is 1.54. The molecule has 11 nitrogen and oxygen atoms in total. The zero-order chi connectivity index (χ0) is 26.9. The Labute approximate surface area is 212 Å². The van der Waals surface area contributed by atoms with Crippen LogP contribution >= 0.6 is 0 Å². The second-order valence-electron chi connectivity index (χ2n) is 11.7. The molecule has 0 bridgehead atoms. The number of aliphatic hydroxyl groups is 7. The molecule has 0 spiro atoms. The highest BCUT2D eigenvalue weighted by Gasteiger charge is 2.47. The minimum Gasteiger partial charge on any atom is -0.393 e. The van der Waals surface area contributed by atoms with Gasteiger partial charge in [-0.15, -0.1) is 0 Å². The van der Waals surface area contributed by atoms with E-state index in [4.69, 9.17) is 18.9 Å². The van der Waals surface area contributed by atoms with Crippen LogP contribution in [0.5, 0.6) is 0 Å². The van der Waals surface area contributed by atoms with Gasteiger partial charge in [0, 0.05) is 0 Å². The zero-order valence-electron chi connectivity index (χ0n) is 21.9. The number of hydrogen-bond acceptors (Lipinski definition) is 11. The van der Waals surface area contributed by atoms with Crippen LogP contribution in [0.15, 0.2) is 0 Å². The summed E-state index contributed by atoms with van der Waals surface area (Å²) < 4.78 is 22.6. The standard InChI is InChI=1S/C25H46O11/c1-11-8-14(26)9-25(4,5)15(11)7-6-12(2)34-24-22(32)20(30)18(28)16(36-24)10-33-23-21(31)19(29)17(27)13(3)35-23/h11-24,26-32H,6-10H2,1-5H3. The van der Waals surface area contributed by atoms with Crippen molar-refractivity contribution in [1.29, 1.82) is 0 Å². The van der Waals surface area contributed by atoms with Gasteiger partial charge in [-0.1, -0.05) is 20.8 Å². The molecule has 3 aliphatic rings. The molecule has 11 heteroatoms. The van der Waals surface area contributed by atoms with Crippen LogP contribution in [0.25, 0.3) is 0 Å². The van der Waals surface area contributed by atoms with Gasteiger partial charge in [-0.3, -0.25) is 0 Å². The van der Waals surface area contributed by atoms with Crippen molar-refractivity contribution >= 4 is 0 Å². The van der Waals surface area contributed by atoms with Crippen molar-refractivity contribution in [1.82, 2.24) is 0 Å². The third-order valence-corrected chi connectivity index (χ3v) is 8.25. The Bertz CT molecular complexity index is 693. The first-order valence-corrected chi connectivity index (χ1v) is 13.1. The molecular weight excluding hydrogens is 476 g/mol. The lowest BCUT2D eigenvalue weighted by Gasteiger charge is -2.46. The monoisotopic (exact) mass is 522 g/mol. The highest BCUT2D eigenvalue weighted by atomic mass is 16.7. The Hall–Kier alpha value is -0.440. The highest BCUT2D eigenvalue weighted by molar-refractivity contribution is 4.92. The molecule has 3 fully saturated rings. The van der Waals surface area contributed by atoms with E-state index < -0.39 is 61.4 Å². The van der Waals surface area contributed by atoms with Crippen LogP contribution in [0, 0.1) is 17.3 Å². The first-order chi connectivity index (χ1) is 16.7. The molecule has 36 heavy (non-hydrogen) atoms. The van der Waals surface area contributed by atoms with Crippen molar-refractivity contribution < 1.29 is 54.7 Å². The van der Waals surface area contributed by atoms with Crippen molar-refractivity contribution in [2.45, 2.75) is 134 Å². The lowest BCUT2D eigenvalue weighted by molar-refractivity contribution is -0.332. The minimum atomic E-state index is -1.55. The first kappa shape index (κ1) is 30.1. The van der Waals surface area contributed by atoms with E-state index in [1.807, 2.05) is 6.92 Å². The maximum atomic E-state index is 10.4. The first-order valence-electron chi connectivity index (χ1n) is 13.1. The van der Waals surface area contributed by atoms with Crippen molar-refractivity contribution in [2.75, 3.05) is 6.61 Å². The predicted octanol–water partition coefficient (Wildman–Crippen LogP) is -0.743. The Kier molecular flexibility index (Phi) is 10.2. The van der Waals surface area contributed by atoms with Gasteiger partial charge in [-0.2, -0.15) is 0 Å². The van der Waals surface area contributed by atoms with E-state index in [2.05, 4.69) is 20.8 Å². The fourth-order valence-electron chi connectivity index (χ4n) is 6.10. The molecule has 1 aliphatic carbocycles. The van der Waals surface area contributed by atoms with Gasteiger partial charge in [0.05, 0.1) is 24.9 Å². The smallest absolute Gasteiger partial charge is 0.186 e. The molecule has 14 unspecified atom stereocenters. The van der Waals surface area contributed by atoms with Crippen LogP contribution in [0.2, 0.25) is 0 Å². The summed E-state index contributed by atoms with van der Waals surface area (Å²) in [6, 6.07) is 0. The molecule has 2 heterocycles. The van der Waals surface area contributed by atoms with E-state index in [1.165, 1.54) is 6.92 Å². The van der Waals surface area contributed by atoms with Crippen molar-refractivity contribution in [3.8, 4) is 0 Å². The van der Waals surface area contributed by atoms with E-state index in [0.29, 0.717) is 18.3 Å². The summed E-state index contributed by atoms with van der Waals surface area (Å²) in [7, 11) is 0. The molecule has 0 amide bonds. The topological polar surface area (TPSA) is 179 Å². The van der Waals surface area contributed by atoms with Crippen LogP contribution in [-0.2, 0) is 18.9 Å². The van der Waals surface area contributed by atoms with Crippen LogP contribution in [0.4, 0.5) is 0 Å². The molecule has 0 aromatic carbocycles. The average Bonchev–Trinajstić information content (AvgIpc) is 2.78. The summed E-state index contributed by atoms with van der Waals surface area (Å²) in [6.07, 6.45) is -10.7. The zero-order valence-corrected chi connectivity index (χ0v) is 21.9. The SMILES string of the molecule is CC(CCC1C(C)CC(O)CC1(C)C)OC1OC(COC2OC(C)C(O)C(O)C2O)C(O)C(O)C1O. The highest BCUT2D eigenvalue weighted by Crippen LogP contribution is 2.46. The van der Waals surface area contributed by atoms with Gasteiger partial charge >= 0.3 is 0 Å². The van der Waals surface area contributed by atoms with Gasteiger partial charge in [-0.25, -0.2) is 0 Å². The normalized spacial score (nSPS) is 48.5. The molecule has 1 saturated carbocycles. The molecule has 0 radical (unpaired) electrons. The second kappa shape index (κ2) is 12.2. The second-order valence-corrected chi connectivity index (χ2v) is 11.7. The van der Waals surface area contributed by atoms with Gasteiger partial charge in [0.15, 0.2) is 12.6 Å². The van der Waals surface area contributed by atoms with Crippen LogP contribution < -0.4 is 0 Å². The maximum absolute atomic E-state index is 10.4. The van der Waals surface area contributed by atoms with E-state index in [1.54, 1.807) is 0 Å². The Morgan fingerprint density at radius 3 is 2.08 bits per heavy atom. The van der Waals surface area contributed by atoms with E-state index in [0.717, 1.165) is 19.3 Å². The molecule has 0 aromatic rings. The van der Waals surface area contributed by atoms with Crippen molar-refractivity contribution in [2.24, 2.45) is 17.3 Å². The number of ether oxygens (including phenoxy) is 4. The lowest BCUT2D eigenvalue weighted by Crippen LogP contribution is -2.61. The van der Waals surface area contributed by atoms with E-state index in [9.17, 15) is 35.7 Å². The molecule has 0 aromatic heterocycles. The summed E-state index contributed by atoms with van der Waals surface area (Å²) in [5.74, 6) is 0.765. The van der Waals surface area contributed by atoms with Gasteiger partial charge in [0.25, 0.3) is 0 Å².